The van der Waals surface area contributed by atoms with Crippen molar-refractivity contribution >= 4 is 29.1 Å². The van der Waals surface area contributed by atoms with Crippen LogP contribution in [-0.4, -0.2) is 29.5 Å². The maximum absolute atomic E-state index is 12.6. The molecule has 0 aromatic heterocycles. The van der Waals surface area contributed by atoms with E-state index < -0.39 is 6.10 Å². The van der Waals surface area contributed by atoms with Crippen molar-refractivity contribution < 1.29 is 9.53 Å². The van der Waals surface area contributed by atoms with Crippen LogP contribution >= 0.6 is 23.2 Å². The highest BCUT2D eigenvalue weighted by Gasteiger charge is 2.29. The zero-order valence-corrected chi connectivity index (χ0v) is 14.0. The van der Waals surface area contributed by atoms with E-state index in [4.69, 9.17) is 27.9 Å². The summed E-state index contributed by atoms with van der Waals surface area (Å²) in [6, 6.07) is 5.35. The first-order valence-electron chi connectivity index (χ1n) is 7.45. The van der Waals surface area contributed by atoms with Gasteiger partial charge in [0.05, 0.1) is 5.02 Å². The van der Waals surface area contributed by atoms with Gasteiger partial charge in [-0.25, -0.2) is 0 Å². The van der Waals surface area contributed by atoms with Gasteiger partial charge < -0.3 is 9.64 Å². The minimum atomic E-state index is -0.546. The van der Waals surface area contributed by atoms with Gasteiger partial charge in [0.15, 0.2) is 6.10 Å². The third kappa shape index (κ3) is 4.04. The molecule has 116 valence electrons. The first kappa shape index (κ1) is 16.4. The lowest BCUT2D eigenvalue weighted by Gasteiger charge is -2.36. The van der Waals surface area contributed by atoms with Crippen LogP contribution in [-0.2, 0) is 4.79 Å². The summed E-state index contributed by atoms with van der Waals surface area (Å²) in [4.78, 5) is 14.5. The number of hydrogen-bond acceptors (Lipinski definition) is 2. The molecule has 5 heteroatoms. The van der Waals surface area contributed by atoms with Gasteiger partial charge >= 0.3 is 0 Å². The number of piperidine rings is 1. The van der Waals surface area contributed by atoms with Gasteiger partial charge in [0.25, 0.3) is 5.91 Å². The quantitative estimate of drug-likeness (QED) is 0.810. The Hall–Kier alpha value is -0.930. The number of halogens is 2. The topological polar surface area (TPSA) is 29.5 Å². The molecule has 0 radical (unpaired) electrons. The Morgan fingerprint density at radius 1 is 1.43 bits per heavy atom. The van der Waals surface area contributed by atoms with E-state index in [1.165, 1.54) is 6.42 Å². The van der Waals surface area contributed by atoms with E-state index in [0.717, 1.165) is 25.8 Å². The van der Waals surface area contributed by atoms with E-state index >= 15 is 0 Å². The SMILES string of the molecule is CCC1CCCCN1C(=O)C(C)Oc1ccc(Cl)cc1Cl. The monoisotopic (exact) mass is 329 g/mol. The van der Waals surface area contributed by atoms with Gasteiger partial charge in [0.1, 0.15) is 5.75 Å². The summed E-state index contributed by atoms with van der Waals surface area (Å²) >= 11 is 11.9. The lowest BCUT2D eigenvalue weighted by atomic mass is 9.99. The molecule has 21 heavy (non-hydrogen) atoms. The van der Waals surface area contributed by atoms with Crippen LogP contribution < -0.4 is 4.74 Å². The third-order valence-electron chi connectivity index (χ3n) is 3.93. The molecule has 0 spiro atoms. The van der Waals surface area contributed by atoms with Crippen molar-refractivity contribution in [2.45, 2.75) is 51.7 Å². The predicted molar refractivity (Wildman–Crippen MR) is 86.2 cm³/mol. The van der Waals surface area contributed by atoms with Crippen molar-refractivity contribution in [1.29, 1.82) is 0 Å². The van der Waals surface area contributed by atoms with Gasteiger partial charge in [0, 0.05) is 17.6 Å². The molecule has 1 amide bonds. The molecule has 2 atom stereocenters. The average Bonchev–Trinajstić information content (AvgIpc) is 2.49. The van der Waals surface area contributed by atoms with Gasteiger partial charge in [0.2, 0.25) is 0 Å². The Balaban J connectivity index is 2.04. The molecule has 0 saturated carbocycles. The Morgan fingerprint density at radius 3 is 2.86 bits per heavy atom. The van der Waals surface area contributed by atoms with Crippen molar-refractivity contribution in [2.75, 3.05) is 6.54 Å². The molecule has 2 rings (SSSR count). The molecular formula is C16H21Cl2NO2. The van der Waals surface area contributed by atoms with E-state index in [1.54, 1.807) is 25.1 Å². The second kappa shape index (κ2) is 7.37. The summed E-state index contributed by atoms with van der Waals surface area (Å²) in [5, 5.41) is 0.973. The summed E-state index contributed by atoms with van der Waals surface area (Å²) in [5.74, 6) is 0.527. The van der Waals surface area contributed by atoms with E-state index in [-0.39, 0.29) is 5.91 Å². The van der Waals surface area contributed by atoms with Gasteiger partial charge in [-0.1, -0.05) is 30.1 Å². The van der Waals surface area contributed by atoms with E-state index in [1.807, 2.05) is 4.90 Å². The van der Waals surface area contributed by atoms with Gasteiger partial charge in [-0.15, -0.1) is 0 Å². The van der Waals surface area contributed by atoms with Crippen molar-refractivity contribution in [3.8, 4) is 5.75 Å². The van der Waals surface area contributed by atoms with Gasteiger partial charge in [-0.2, -0.15) is 0 Å². The number of likely N-dealkylation sites (tertiary alicyclic amines) is 1. The Kier molecular flexibility index (Phi) is 5.77. The smallest absolute Gasteiger partial charge is 0.263 e. The Morgan fingerprint density at radius 2 is 2.19 bits per heavy atom. The van der Waals surface area contributed by atoms with Crippen molar-refractivity contribution in [1.82, 2.24) is 4.90 Å². The fourth-order valence-corrected chi connectivity index (χ4v) is 3.21. The molecule has 1 aliphatic heterocycles. The standard InChI is InChI=1S/C16H21Cl2NO2/c1-3-13-6-4-5-9-19(13)16(20)11(2)21-15-8-7-12(17)10-14(15)18/h7-8,10-11,13H,3-6,9H2,1-2H3. The second-order valence-corrected chi connectivity index (χ2v) is 6.27. The first-order chi connectivity index (χ1) is 10.0. The fourth-order valence-electron chi connectivity index (χ4n) is 2.76. The van der Waals surface area contributed by atoms with E-state index in [2.05, 4.69) is 6.92 Å². The molecule has 0 bridgehead atoms. The third-order valence-corrected chi connectivity index (χ3v) is 4.46. The maximum Gasteiger partial charge on any atom is 0.263 e. The van der Waals surface area contributed by atoms with Crippen molar-refractivity contribution in [2.24, 2.45) is 0 Å². The summed E-state index contributed by atoms with van der Waals surface area (Å²) in [6.07, 6.45) is 3.78. The summed E-state index contributed by atoms with van der Waals surface area (Å²) < 4.78 is 5.73. The molecule has 1 heterocycles. The zero-order chi connectivity index (χ0) is 15.4. The first-order valence-corrected chi connectivity index (χ1v) is 8.20. The average molecular weight is 330 g/mol. The van der Waals surface area contributed by atoms with Gasteiger partial charge in [-0.3, -0.25) is 4.79 Å². The lowest BCUT2D eigenvalue weighted by molar-refractivity contribution is -0.141. The highest BCUT2D eigenvalue weighted by atomic mass is 35.5. The van der Waals surface area contributed by atoms with Crippen LogP contribution in [0.5, 0.6) is 5.75 Å². The van der Waals surface area contributed by atoms with Crippen LogP contribution in [0.3, 0.4) is 0 Å². The van der Waals surface area contributed by atoms with E-state index in [0.29, 0.717) is 21.8 Å². The number of rotatable bonds is 4. The summed E-state index contributed by atoms with van der Waals surface area (Å²) in [6.45, 7) is 4.71. The molecule has 1 aliphatic rings. The zero-order valence-electron chi connectivity index (χ0n) is 12.4. The van der Waals surface area contributed by atoms with Gasteiger partial charge in [-0.05, 0) is 50.8 Å². The van der Waals surface area contributed by atoms with Crippen LogP contribution in [0.2, 0.25) is 10.0 Å². The maximum atomic E-state index is 12.6. The summed E-state index contributed by atoms with van der Waals surface area (Å²) in [5.41, 5.74) is 0. The van der Waals surface area contributed by atoms with Crippen LogP contribution in [0.1, 0.15) is 39.5 Å². The molecule has 0 N–H and O–H groups in total. The number of carbonyl (C=O) groups is 1. The molecular weight excluding hydrogens is 309 g/mol. The molecule has 0 aliphatic carbocycles. The van der Waals surface area contributed by atoms with Crippen molar-refractivity contribution in [3.63, 3.8) is 0 Å². The molecule has 1 aromatic rings. The molecule has 1 saturated heterocycles. The minimum absolute atomic E-state index is 0.0348. The van der Waals surface area contributed by atoms with Crippen LogP contribution in [0.4, 0.5) is 0 Å². The molecule has 2 unspecified atom stereocenters. The van der Waals surface area contributed by atoms with Crippen LogP contribution in [0, 0.1) is 0 Å². The Labute approximate surface area is 136 Å². The summed E-state index contributed by atoms with van der Waals surface area (Å²) in [7, 11) is 0. The number of carbonyl (C=O) groups excluding carboxylic acids is 1. The van der Waals surface area contributed by atoms with Crippen LogP contribution in [0.15, 0.2) is 18.2 Å². The number of ether oxygens (including phenoxy) is 1. The number of benzene rings is 1. The lowest BCUT2D eigenvalue weighted by Crippen LogP contribution is -2.48. The predicted octanol–water partition coefficient (Wildman–Crippen LogP) is 4.55. The molecule has 3 nitrogen and oxygen atoms in total. The number of hydrogen-bond donors (Lipinski definition) is 0. The Bertz CT molecular complexity index is 507. The van der Waals surface area contributed by atoms with Crippen molar-refractivity contribution in [3.05, 3.63) is 28.2 Å². The van der Waals surface area contributed by atoms with E-state index in [9.17, 15) is 4.79 Å². The van der Waals surface area contributed by atoms with Crippen LogP contribution in [0.25, 0.3) is 0 Å². The minimum Gasteiger partial charge on any atom is -0.479 e. The molecule has 1 fully saturated rings. The number of amides is 1. The number of nitrogens with zero attached hydrogens (tertiary/aromatic N) is 1. The largest absolute Gasteiger partial charge is 0.479 e. The second-order valence-electron chi connectivity index (χ2n) is 5.42. The highest BCUT2D eigenvalue weighted by Crippen LogP contribution is 2.29. The highest BCUT2D eigenvalue weighted by molar-refractivity contribution is 6.35. The molecule has 1 aromatic carbocycles. The normalized spacial score (nSPS) is 20.2. The fraction of sp³-hybridized carbons (Fsp3) is 0.562.